The Morgan fingerprint density at radius 2 is 2.14 bits per heavy atom. The molecule has 2 fully saturated rings. The van der Waals surface area contributed by atoms with Crippen LogP contribution in [0.2, 0.25) is 0 Å². The largest absolute Gasteiger partial charge is 0.340 e. The summed E-state index contributed by atoms with van der Waals surface area (Å²) in [4.78, 5) is 31.0. The number of aromatic nitrogens is 2. The number of nitrogens with zero attached hydrogens (tertiary/aromatic N) is 3. The van der Waals surface area contributed by atoms with Gasteiger partial charge in [0.1, 0.15) is 11.6 Å². The lowest BCUT2D eigenvalue weighted by Gasteiger charge is -2.44. The number of hydrogen-bond donors (Lipinski definition) is 1. The van der Waals surface area contributed by atoms with Crippen LogP contribution in [0.15, 0.2) is 4.52 Å². The maximum Gasteiger partial charge on any atom is 0.249 e. The second-order valence-electron chi connectivity index (χ2n) is 6.05. The number of rotatable bonds is 4. The molecule has 1 aromatic heterocycles. The Labute approximate surface area is 123 Å². The average molecular weight is 292 g/mol. The van der Waals surface area contributed by atoms with Gasteiger partial charge in [0.25, 0.3) is 0 Å². The molecule has 1 aliphatic carbocycles. The first kappa shape index (κ1) is 14.0. The second kappa shape index (κ2) is 4.82. The van der Waals surface area contributed by atoms with E-state index in [4.69, 9.17) is 4.52 Å². The first-order chi connectivity index (χ1) is 9.95. The molecule has 2 atom stereocenters. The topological polar surface area (TPSA) is 88.3 Å². The van der Waals surface area contributed by atoms with Crippen molar-refractivity contribution >= 4 is 11.8 Å². The van der Waals surface area contributed by atoms with Gasteiger partial charge in [-0.3, -0.25) is 9.59 Å². The molecule has 114 valence electrons. The predicted molar refractivity (Wildman–Crippen MR) is 72.9 cm³/mol. The van der Waals surface area contributed by atoms with E-state index in [9.17, 15) is 9.59 Å². The Bertz CT molecular complexity index is 581. The molecule has 21 heavy (non-hydrogen) atoms. The minimum atomic E-state index is -0.790. The van der Waals surface area contributed by atoms with Gasteiger partial charge in [0.2, 0.25) is 17.7 Å². The zero-order chi connectivity index (χ0) is 15.2. The van der Waals surface area contributed by atoms with Crippen LogP contribution < -0.4 is 5.32 Å². The molecule has 0 aromatic carbocycles. The normalized spacial score (nSPS) is 29.7. The summed E-state index contributed by atoms with van der Waals surface area (Å²) in [6.45, 7) is 5.63. The zero-order valence-corrected chi connectivity index (χ0v) is 12.5. The molecule has 3 rings (SSSR count). The summed E-state index contributed by atoms with van der Waals surface area (Å²) >= 11 is 0. The fourth-order valence-corrected chi connectivity index (χ4v) is 3.06. The molecule has 2 heterocycles. The van der Waals surface area contributed by atoms with Crippen LogP contribution in [0.5, 0.6) is 0 Å². The van der Waals surface area contributed by atoms with Crippen molar-refractivity contribution in [2.75, 3.05) is 0 Å². The van der Waals surface area contributed by atoms with E-state index in [1.807, 2.05) is 13.8 Å². The molecule has 0 radical (unpaired) electrons. The predicted octanol–water partition coefficient (Wildman–Crippen LogP) is 0.784. The molecule has 7 heteroatoms. The van der Waals surface area contributed by atoms with Crippen molar-refractivity contribution < 1.29 is 14.1 Å². The molecule has 0 bridgehead atoms. The fourth-order valence-electron chi connectivity index (χ4n) is 3.06. The van der Waals surface area contributed by atoms with Gasteiger partial charge < -0.3 is 14.7 Å². The molecule has 1 saturated carbocycles. The number of hydrogen-bond acceptors (Lipinski definition) is 5. The molecule has 2 unspecified atom stereocenters. The van der Waals surface area contributed by atoms with Gasteiger partial charge in [0, 0.05) is 6.92 Å². The minimum absolute atomic E-state index is 0.0427. The van der Waals surface area contributed by atoms with E-state index in [0.717, 1.165) is 12.8 Å². The van der Waals surface area contributed by atoms with Crippen molar-refractivity contribution in [1.82, 2.24) is 20.4 Å². The monoisotopic (exact) mass is 292 g/mol. The lowest BCUT2D eigenvalue weighted by atomic mass is 9.89. The van der Waals surface area contributed by atoms with Crippen molar-refractivity contribution in [3.05, 3.63) is 11.7 Å². The van der Waals surface area contributed by atoms with Gasteiger partial charge in [-0.2, -0.15) is 4.98 Å². The van der Waals surface area contributed by atoms with Crippen molar-refractivity contribution in [2.24, 2.45) is 5.92 Å². The third-order valence-electron chi connectivity index (χ3n) is 4.43. The maximum absolute atomic E-state index is 12.9. The van der Waals surface area contributed by atoms with Gasteiger partial charge in [0.05, 0.1) is 6.54 Å². The maximum atomic E-state index is 12.9. The molecule has 7 nitrogen and oxygen atoms in total. The lowest BCUT2D eigenvalue weighted by molar-refractivity contribution is -0.156. The van der Waals surface area contributed by atoms with Gasteiger partial charge in [-0.1, -0.05) is 12.1 Å². The van der Waals surface area contributed by atoms with Crippen LogP contribution in [0.3, 0.4) is 0 Å². The smallest absolute Gasteiger partial charge is 0.249 e. The second-order valence-corrected chi connectivity index (χ2v) is 6.05. The van der Waals surface area contributed by atoms with E-state index in [2.05, 4.69) is 15.5 Å². The quantitative estimate of drug-likeness (QED) is 0.886. The van der Waals surface area contributed by atoms with Crippen LogP contribution in [0, 0.1) is 12.8 Å². The highest BCUT2D eigenvalue weighted by Gasteiger charge is 2.55. The van der Waals surface area contributed by atoms with Crippen molar-refractivity contribution in [3.8, 4) is 0 Å². The highest BCUT2D eigenvalue weighted by molar-refractivity contribution is 6.00. The van der Waals surface area contributed by atoms with E-state index in [1.165, 1.54) is 0 Å². The third-order valence-corrected chi connectivity index (χ3v) is 4.43. The molecule has 1 aromatic rings. The zero-order valence-electron chi connectivity index (χ0n) is 12.5. The summed E-state index contributed by atoms with van der Waals surface area (Å²) in [5.74, 6) is 0.996. The number of carbonyl (C=O) groups is 2. The molecule has 2 amide bonds. The lowest BCUT2D eigenvalue weighted by Crippen LogP contribution is -2.69. The SMILES string of the molecule is CCC1C(=O)NC(C)(C2CC2)C(=O)N1Cc1noc(C)n1. The Kier molecular flexibility index (Phi) is 3.22. The Morgan fingerprint density at radius 1 is 1.43 bits per heavy atom. The molecule has 1 aliphatic heterocycles. The summed E-state index contributed by atoms with van der Waals surface area (Å²) in [6, 6.07) is -0.469. The van der Waals surface area contributed by atoms with Gasteiger partial charge in [0.15, 0.2) is 5.82 Å². The van der Waals surface area contributed by atoms with Crippen molar-refractivity contribution in [1.29, 1.82) is 0 Å². The summed E-state index contributed by atoms with van der Waals surface area (Å²) in [6.07, 6.45) is 2.53. The molecule has 2 aliphatic rings. The number of carbonyl (C=O) groups excluding carboxylic acids is 2. The molecule has 1 saturated heterocycles. The van der Waals surface area contributed by atoms with Crippen LogP contribution in [0.1, 0.15) is 44.8 Å². The minimum Gasteiger partial charge on any atom is -0.340 e. The summed E-state index contributed by atoms with van der Waals surface area (Å²) < 4.78 is 4.95. The Hall–Kier alpha value is -1.92. The van der Waals surface area contributed by atoms with Crippen molar-refractivity contribution in [2.45, 2.75) is 58.2 Å². The van der Waals surface area contributed by atoms with Gasteiger partial charge in [-0.15, -0.1) is 0 Å². The Morgan fingerprint density at radius 3 is 2.67 bits per heavy atom. The van der Waals surface area contributed by atoms with Crippen LogP contribution in [-0.4, -0.2) is 38.4 Å². The van der Waals surface area contributed by atoms with E-state index in [0.29, 0.717) is 18.1 Å². The van der Waals surface area contributed by atoms with Crippen LogP contribution in [-0.2, 0) is 16.1 Å². The Balaban J connectivity index is 1.89. The average Bonchev–Trinajstić information content (AvgIpc) is 3.21. The summed E-state index contributed by atoms with van der Waals surface area (Å²) in [7, 11) is 0. The fraction of sp³-hybridized carbons (Fsp3) is 0.714. The van der Waals surface area contributed by atoms with Crippen LogP contribution >= 0.6 is 0 Å². The van der Waals surface area contributed by atoms with Crippen LogP contribution in [0.25, 0.3) is 0 Å². The molecular formula is C14H20N4O3. The van der Waals surface area contributed by atoms with Gasteiger partial charge in [-0.05, 0) is 32.1 Å². The molecule has 0 spiro atoms. The standard InChI is InChI=1S/C14H20N4O3/c1-4-10-12(19)16-14(3,9-5-6-9)13(20)18(10)7-11-15-8(2)21-17-11/h9-10H,4-7H2,1-3H3,(H,16,19). The van der Waals surface area contributed by atoms with E-state index in [-0.39, 0.29) is 24.3 Å². The van der Waals surface area contributed by atoms with Crippen LogP contribution in [0.4, 0.5) is 0 Å². The first-order valence-electron chi connectivity index (χ1n) is 7.38. The summed E-state index contributed by atoms with van der Waals surface area (Å²) in [5, 5.41) is 6.77. The number of aryl methyl sites for hydroxylation is 1. The summed E-state index contributed by atoms with van der Waals surface area (Å²) in [5.41, 5.74) is -0.790. The highest BCUT2D eigenvalue weighted by atomic mass is 16.5. The van der Waals surface area contributed by atoms with E-state index >= 15 is 0 Å². The number of nitrogens with one attached hydrogen (secondary N) is 1. The van der Waals surface area contributed by atoms with E-state index in [1.54, 1.807) is 11.8 Å². The molecular weight excluding hydrogens is 272 g/mol. The van der Waals surface area contributed by atoms with E-state index < -0.39 is 11.6 Å². The van der Waals surface area contributed by atoms with Gasteiger partial charge >= 0.3 is 0 Å². The van der Waals surface area contributed by atoms with Crippen molar-refractivity contribution in [3.63, 3.8) is 0 Å². The highest BCUT2D eigenvalue weighted by Crippen LogP contribution is 2.42. The number of piperazine rings is 1. The van der Waals surface area contributed by atoms with Gasteiger partial charge in [-0.25, -0.2) is 0 Å². The third kappa shape index (κ3) is 2.30. The first-order valence-corrected chi connectivity index (χ1v) is 7.38. The molecule has 1 N–H and O–H groups in total. The number of amides is 2.